The zero-order valence-electron chi connectivity index (χ0n) is 13.2. The molecular formula is C16H23N3O2S. The largest absolute Gasteiger partial charge is 0.340 e. The number of hydrogen-bond acceptors (Lipinski definition) is 4. The van der Waals surface area contributed by atoms with Gasteiger partial charge in [0.05, 0.1) is 6.04 Å². The van der Waals surface area contributed by atoms with Crippen LogP contribution in [0.15, 0.2) is 16.1 Å². The Kier molecular flexibility index (Phi) is 4.57. The molecule has 2 aliphatic rings. The fourth-order valence-electron chi connectivity index (χ4n) is 3.44. The minimum absolute atomic E-state index is 0.00140. The summed E-state index contributed by atoms with van der Waals surface area (Å²) >= 11 is 1.58. The lowest BCUT2D eigenvalue weighted by Crippen LogP contribution is -2.44. The zero-order valence-corrected chi connectivity index (χ0v) is 14.1. The van der Waals surface area contributed by atoms with Crippen LogP contribution >= 0.6 is 11.8 Å². The summed E-state index contributed by atoms with van der Waals surface area (Å²) in [5, 5.41) is 0.749. The predicted octanol–water partition coefficient (Wildman–Crippen LogP) is 2.38. The van der Waals surface area contributed by atoms with Crippen LogP contribution in [0.2, 0.25) is 0 Å². The van der Waals surface area contributed by atoms with Crippen molar-refractivity contribution in [1.29, 1.82) is 0 Å². The Morgan fingerprint density at radius 3 is 3.00 bits per heavy atom. The molecule has 0 N–H and O–H groups in total. The number of hydrogen-bond donors (Lipinski definition) is 0. The molecule has 2 unspecified atom stereocenters. The van der Waals surface area contributed by atoms with Gasteiger partial charge in [0, 0.05) is 36.5 Å². The van der Waals surface area contributed by atoms with Gasteiger partial charge in [-0.15, -0.1) is 0 Å². The quantitative estimate of drug-likeness (QED) is 0.802. The van der Waals surface area contributed by atoms with Gasteiger partial charge < -0.3 is 4.90 Å². The van der Waals surface area contributed by atoms with Gasteiger partial charge in [-0.1, -0.05) is 18.7 Å². The Labute approximate surface area is 135 Å². The average molecular weight is 321 g/mol. The molecule has 2 atom stereocenters. The Hall–Kier alpha value is -1.30. The number of piperidine rings is 1. The molecule has 1 fully saturated rings. The van der Waals surface area contributed by atoms with E-state index in [-0.39, 0.29) is 17.5 Å². The maximum Gasteiger partial charge on any atom is 0.257 e. The van der Waals surface area contributed by atoms with Crippen molar-refractivity contribution in [1.82, 2.24) is 14.5 Å². The van der Waals surface area contributed by atoms with Gasteiger partial charge in [0.15, 0.2) is 5.16 Å². The van der Waals surface area contributed by atoms with Gasteiger partial charge in [-0.25, -0.2) is 4.98 Å². The van der Waals surface area contributed by atoms with E-state index in [0.717, 1.165) is 36.7 Å². The SMILES string of the molecule is CCC1CCCCN1C(=O)CC1CSc2ncc(C)c(=O)n21. The third kappa shape index (κ3) is 2.81. The second-order valence-corrected chi connectivity index (χ2v) is 7.20. The van der Waals surface area contributed by atoms with Crippen molar-refractivity contribution in [2.45, 2.75) is 63.2 Å². The van der Waals surface area contributed by atoms with Crippen LogP contribution in [0, 0.1) is 6.92 Å². The highest BCUT2D eigenvalue weighted by Gasteiger charge is 2.31. The summed E-state index contributed by atoms with van der Waals surface area (Å²) in [5.41, 5.74) is 0.645. The van der Waals surface area contributed by atoms with Crippen molar-refractivity contribution in [2.75, 3.05) is 12.3 Å². The lowest BCUT2D eigenvalue weighted by atomic mass is 9.99. The molecule has 3 heterocycles. The molecule has 1 aromatic heterocycles. The van der Waals surface area contributed by atoms with E-state index in [1.807, 2.05) is 4.90 Å². The molecule has 1 saturated heterocycles. The first-order chi connectivity index (χ1) is 10.6. The molecule has 0 spiro atoms. The van der Waals surface area contributed by atoms with Gasteiger partial charge in [-0.05, 0) is 32.6 Å². The monoisotopic (exact) mass is 321 g/mol. The summed E-state index contributed by atoms with van der Waals surface area (Å²) in [5.74, 6) is 0.959. The first-order valence-electron chi connectivity index (χ1n) is 8.12. The number of carbonyl (C=O) groups is 1. The van der Waals surface area contributed by atoms with Crippen LogP contribution in [0.3, 0.4) is 0 Å². The van der Waals surface area contributed by atoms with Crippen LogP contribution in [0.25, 0.3) is 0 Å². The normalized spacial score (nSPS) is 24.4. The zero-order chi connectivity index (χ0) is 15.7. The van der Waals surface area contributed by atoms with Gasteiger partial charge in [0.25, 0.3) is 5.56 Å². The van der Waals surface area contributed by atoms with Gasteiger partial charge in [0.1, 0.15) is 0 Å². The molecular weight excluding hydrogens is 298 g/mol. The highest BCUT2D eigenvalue weighted by molar-refractivity contribution is 7.99. The standard InChI is InChI=1S/C16H23N3O2S/c1-3-12-6-4-5-7-18(12)14(20)8-13-10-22-16-17-9-11(2)15(21)19(13)16/h9,12-13H,3-8,10H2,1-2H3. The third-order valence-electron chi connectivity index (χ3n) is 4.73. The van der Waals surface area contributed by atoms with E-state index < -0.39 is 0 Å². The Morgan fingerprint density at radius 2 is 2.23 bits per heavy atom. The van der Waals surface area contributed by atoms with Crippen LogP contribution in [0.1, 0.15) is 50.6 Å². The average Bonchev–Trinajstić information content (AvgIpc) is 2.94. The van der Waals surface area contributed by atoms with Crippen LogP contribution in [-0.2, 0) is 4.79 Å². The molecule has 0 aromatic carbocycles. The number of thioether (sulfide) groups is 1. The number of fused-ring (bicyclic) bond motifs is 1. The van der Waals surface area contributed by atoms with Crippen molar-refractivity contribution >= 4 is 17.7 Å². The summed E-state index contributed by atoms with van der Waals surface area (Å²) in [4.78, 5) is 31.4. The molecule has 0 saturated carbocycles. The second kappa shape index (κ2) is 6.44. The number of rotatable bonds is 3. The van der Waals surface area contributed by atoms with E-state index in [2.05, 4.69) is 11.9 Å². The first-order valence-corrected chi connectivity index (χ1v) is 9.10. The Bertz CT molecular complexity index is 628. The molecule has 2 aliphatic heterocycles. The highest BCUT2D eigenvalue weighted by Crippen LogP contribution is 2.33. The molecule has 22 heavy (non-hydrogen) atoms. The van der Waals surface area contributed by atoms with Crippen molar-refractivity contribution in [3.8, 4) is 0 Å². The van der Waals surface area contributed by atoms with E-state index in [9.17, 15) is 9.59 Å². The fraction of sp³-hybridized carbons (Fsp3) is 0.688. The fourth-order valence-corrected chi connectivity index (χ4v) is 4.55. The molecule has 6 heteroatoms. The maximum atomic E-state index is 12.7. The number of nitrogens with zero attached hydrogens (tertiary/aromatic N) is 3. The van der Waals surface area contributed by atoms with Gasteiger partial charge in [-0.2, -0.15) is 0 Å². The summed E-state index contributed by atoms with van der Waals surface area (Å²) in [6, 6.07) is 0.328. The van der Waals surface area contributed by atoms with E-state index in [0.29, 0.717) is 18.0 Å². The topological polar surface area (TPSA) is 55.2 Å². The minimum Gasteiger partial charge on any atom is -0.340 e. The minimum atomic E-state index is -0.0492. The molecule has 5 nitrogen and oxygen atoms in total. The summed E-state index contributed by atoms with van der Waals surface area (Å²) in [6.45, 7) is 4.79. The highest BCUT2D eigenvalue weighted by atomic mass is 32.2. The number of aromatic nitrogens is 2. The number of carbonyl (C=O) groups excluding carboxylic acids is 1. The molecule has 1 amide bonds. The van der Waals surface area contributed by atoms with Crippen molar-refractivity contribution in [2.24, 2.45) is 0 Å². The number of likely N-dealkylation sites (tertiary alicyclic amines) is 1. The molecule has 0 radical (unpaired) electrons. The van der Waals surface area contributed by atoms with E-state index in [4.69, 9.17) is 0 Å². The van der Waals surface area contributed by atoms with Crippen LogP contribution in [-0.4, -0.2) is 38.7 Å². The second-order valence-electron chi connectivity index (χ2n) is 6.21. The lowest BCUT2D eigenvalue weighted by molar-refractivity contribution is -0.135. The van der Waals surface area contributed by atoms with Crippen LogP contribution in [0.4, 0.5) is 0 Å². The summed E-state index contributed by atoms with van der Waals surface area (Å²) < 4.78 is 1.72. The molecule has 0 bridgehead atoms. The number of aryl methyl sites for hydroxylation is 1. The third-order valence-corrected chi connectivity index (χ3v) is 5.84. The smallest absolute Gasteiger partial charge is 0.257 e. The van der Waals surface area contributed by atoms with Crippen molar-refractivity contribution in [3.05, 3.63) is 22.1 Å². The number of amides is 1. The van der Waals surface area contributed by atoms with Crippen molar-refractivity contribution < 1.29 is 4.79 Å². The van der Waals surface area contributed by atoms with Crippen LogP contribution < -0.4 is 5.56 Å². The Morgan fingerprint density at radius 1 is 1.41 bits per heavy atom. The maximum absolute atomic E-state index is 12.7. The van der Waals surface area contributed by atoms with E-state index in [1.165, 1.54) is 6.42 Å². The van der Waals surface area contributed by atoms with Crippen LogP contribution in [0.5, 0.6) is 0 Å². The first kappa shape index (κ1) is 15.6. The molecule has 1 aromatic rings. The molecule has 0 aliphatic carbocycles. The molecule has 120 valence electrons. The van der Waals surface area contributed by atoms with Gasteiger partial charge in [0.2, 0.25) is 5.91 Å². The van der Waals surface area contributed by atoms with E-state index >= 15 is 0 Å². The van der Waals surface area contributed by atoms with Crippen molar-refractivity contribution in [3.63, 3.8) is 0 Å². The van der Waals surface area contributed by atoms with E-state index in [1.54, 1.807) is 29.4 Å². The summed E-state index contributed by atoms with van der Waals surface area (Å²) in [6.07, 6.45) is 6.48. The van der Waals surface area contributed by atoms with Gasteiger partial charge >= 0.3 is 0 Å². The summed E-state index contributed by atoms with van der Waals surface area (Å²) in [7, 11) is 0. The predicted molar refractivity (Wildman–Crippen MR) is 87.3 cm³/mol. The molecule has 3 rings (SSSR count). The lowest BCUT2D eigenvalue weighted by Gasteiger charge is -2.36. The van der Waals surface area contributed by atoms with Gasteiger partial charge in [-0.3, -0.25) is 14.2 Å². The Balaban J connectivity index is 1.77.